The van der Waals surface area contributed by atoms with Crippen molar-refractivity contribution in [1.29, 1.82) is 0 Å². The molecule has 0 saturated carbocycles. The number of hydrogen-bond acceptors (Lipinski definition) is 4. The maximum absolute atomic E-state index is 13.5. The molecule has 2 aliphatic heterocycles. The minimum atomic E-state index is -2.73. The first-order valence-electron chi connectivity index (χ1n) is 7.84. The maximum Gasteiger partial charge on any atom is 0.410 e. The predicted octanol–water partition coefficient (Wildman–Crippen LogP) is 2.09. The fourth-order valence-electron chi connectivity index (χ4n) is 3.23. The van der Waals surface area contributed by atoms with E-state index in [-0.39, 0.29) is 31.7 Å². The lowest BCUT2D eigenvalue weighted by molar-refractivity contribution is -0.00367. The number of likely N-dealkylation sites (tertiary alicyclic amines) is 2. The Morgan fingerprint density at radius 3 is 2.41 bits per heavy atom. The zero-order valence-corrected chi connectivity index (χ0v) is 13.5. The van der Waals surface area contributed by atoms with Gasteiger partial charge in [-0.25, -0.2) is 13.6 Å². The Bertz CT molecular complexity index is 404. The summed E-state index contributed by atoms with van der Waals surface area (Å²) >= 11 is 0. The zero-order chi connectivity index (χ0) is 16.5. The van der Waals surface area contributed by atoms with Crippen LogP contribution in [0.2, 0.25) is 0 Å². The molecule has 0 aromatic carbocycles. The van der Waals surface area contributed by atoms with E-state index in [4.69, 9.17) is 4.74 Å². The number of ether oxygens (including phenoxy) is 1. The van der Waals surface area contributed by atoms with Gasteiger partial charge in [0, 0.05) is 31.6 Å². The van der Waals surface area contributed by atoms with Crippen molar-refractivity contribution in [1.82, 2.24) is 9.80 Å². The number of alkyl halides is 2. The number of carbonyl (C=O) groups excluding carboxylic acids is 1. The second kappa shape index (κ2) is 6.28. The first-order valence-corrected chi connectivity index (χ1v) is 7.84. The predicted molar refractivity (Wildman–Crippen MR) is 78.0 cm³/mol. The molecule has 5 nitrogen and oxygen atoms in total. The second-order valence-electron chi connectivity index (χ2n) is 7.27. The Hall–Kier alpha value is -0.950. The van der Waals surface area contributed by atoms with Crippen LogP contribution in [-0.4, -0.2) is 70.8 Å². The van der Waals surface area contributed by atoms with Crippen LogP contribution in [0.1, 0.15) is 40.0 Å². The van der Waals surface area contributed by atoms with E-state index in [9.17, 15) is 18.7 Å². The van der Waals surface area contributed by atoms with Crippen molar-refractivity contribution in [3.05, 3.63) is 0 Å². The zero-order valence-electron chi connectivity index (χ0n) is 13.5. The summed E-state index contributed by atoms with van der Waals surface area (Å²) in [5, 5.41) is 9.31. The van der Waals surface area contributed by atoms with Crippen LogP contribution < -0.4 is 0 Å². The molecule has 2 fully saturated rings. The number of aliphatic hydroxyl groups excluding tert-OH is 1. The molecular formula is C15H26F2N2O3. The van der Waals surface area contributed by atoms with Crippen LogP contribution in [0, 0.1) is 0 Å². The number of hydrogen-bond donors (Lipinski definition) is 1. The van der Waals surface area contributed by atoms with Gasteiger partial charge < -0.3 is 14.7 Å². The van der Waals surface area contributed by atoms with E-state index in [0.717, 1.165) is 0 Å². The Kier molecular flexibility index (Phi) is 4.96. The van der Waals surface area contributed by atoms with Gasteiger partial charge >= 0.3 is 6.09 Å². The van der Waals surface area contributed by atoms with Gasteiger partial charge in [0.25, 0.3) is 5.92 Å². The van der Waals surface area contributed by atoms with Gasteiger partial charge in [0.05, 0.1) is 13.2 Å². The quantitative estimate of drug-likeness (QED) is 0.846. The monoisotopic (exact) mass is 320 g/mol. The highest BCUT2D eigenvalue weighted by Gasteiger charge is 2.47. The highest BCUT2D eigenvalue weighted by molar-refractivity contribution is 5.68. The number of carbonyl (C=O) groups is 1. The van der Waals surface area contributed by atoms with E-state index >= 15 is 0 Å². The number of nitrogens with zero attached hydrogens (tertiary/aromatic N) is 2. The molecule has 1 N–H and O–H groups in total. The van der Waals surface area contributed by atoms with E-state index in [1.165, 1.54) is 0 Å². The number of amides is 1. The molecule has 0 aromatic rings. The molecule has 1 amide bonds. The minimum Gasteiger partial charge on any atom is -0.444 e. The summed E-state index contributed by atoms with van der Waals surface area (Å²) in [5.74, 6) is -2.73. The van der Waals surface area contributed by atoms with E-state index in [1.807, 2.05) is 20.8 Å². The summed E-state index contributed by atoms with van der Waals surface area (Å²) in [5.41, 5.74) is -0.535. The third kappa shape index (κ3) is 4.29. The molecule has 0 aliphatic carbocycles. The topological polar surface area (TPSA) is 53.0 Å². The third-order valence-electron chi connectivity index (χ3n) is 4.21. The Morgan fingerprint density at radius 1 is 1.32 bits per heavy atom. The lowest BCUT2D eigenvalue weighted by Gasteiger charge is -2.39. The van der Waals surface area contributed by atoms with Gasteiger partial charge in [0.1, 0.15) is 5.60 Å². The Morgan fingerprint density at radius 2 is 1.91 bits per heavy atom. The third-order valence-corrected chi connectivity index (χ3v) is 4.21. The number of aliphatic hydroxyl groups is 1. The van der Waals surface area contributed by atoms with Gasteiger partial charge in [-0.15, -0.1) is 0 Å². The van der Waals surface area contributed by atoms with Gasteiger partial charge in [0.2, 0.25) is 0 Å². The summed E-state index contributed by atoms with van der Waals surface area (Å²) in [4.78, 5) is 15.3. The molecule has 0 spiro atoms. The second-order valence-corrected chi connectivity index (χ2v) is 7.27. The van der Waals surface area contributed by atoms with Gasteiger partial charge in [-0.05, 0) is 33.6 Å². The van der Waals surface area contributed by atoms with E-state index in [0.29, 0.717) is 25.9 Å². The Labute approximate surface area is 130 Å². The van der Waals surface area contributed by atoms with Gasteiger partial charge in [-0.2, -0.15) is 0 Å². The van der Waals surface area contributed by atoms with Crippen molar-refractivity contribution in [2.75, 3.05) is 26.2 Å². The highest BCUT2D eigenvalue weighted by Crippen LogP contribution is 2.35. The van der Waals surface area contributed by atoms with Gasteiger partial charge in [0.15, 0.2) is 0 Å². The molecule has 2 heterocycles. The molecule has 128 valence electrons. The minimum absolute atomic E-state index is 0.00999. The smallest absolute Gasteiger partial charge is 0.410 e. The maximum atomic E-state index is 13.5. The average Bonchev–Trinajstić information content (AvgIpc) is 2.72. The standard InChI is InChI=1S/C15H26F2N2O3/c1-14(2,3)22-13(21)18-6-4-11(5-7-18)19-10-15(16,17)8-12(19)9-20/h11-12,20H,4-10H2,1-3H3/t12-/m1/s1. The average molecular weight is 320 g/mol. The molecule has 1 atom stereocenters. The normalized spacial score (nSPS) is 27.2. The van der Waals surface area contributed by atoms with Crippen LogP contribution in [0.25, 0.3) is 0 Å². The molecule has 7 heteroatoms. The molecule has 0 unspecified atom stereocenters. The number of rotatable bonds is 2. The highest BCUT2D eigenvalue weighted by atomic mass is 19.3. The molecule has 2 aliphatic rings. The van der Waals surface area contributed by atoms with Gasteiger partial charge in [-0.1, -0.05) is 0 Å². The summed E-state index contributed by atoms with van der Waals surface area (Å²) < 4.78 is 32.4. The largest absolute Gasteiger partial charge is 0.444 e. The molecule has 0 aromatic heterocycles. The molecule has 0 radical (unpaired) electrons. The fraction of sp³-hybridized carbons (Fsp3) is 0.933. The number of halogens is 2. The SMILES string of the molecule is CC(C)(C)OC(=O)N1CCC(N2CC(F)(F)C[C@@H]2CO)CC1. The van der Waals surface area contributed by atoms with E-state index in [2.05, 4.69) is 0 Å². The Balaban J connectivity index is 1.88. The first-order chi connectivity index (χ1) is 10.1. The molecule has 2 saturated heterocycles. The van der Waals surface area contributed by atoms with Crippen molar-refractivity contribution < 1.29 is 23.4 Å². The fourth-order valence-corrected chi connectivity index (χ4v) is 3.23. The van der Waals surface area contributed by atoms with Crippen molar-refractivity contribution in [3.8, 4) is 0 Å². The van der Waals surface area contributed by atoms with Crippen LogP contribution in [0.5, 0.6) is 0 Å². The van der Waals surface area contributed by atoms with Crippen LogP contribution in [-0.2, 0) is 4.74 Å². The van der Waals surface area contributed by atoms with Crippen molar-refractivity contribution in [3.63, 3.8) is 0 Å². The van der Waals surface area contributed by atoms with E-state index < -0.39 is 17.6 Å². The summed E-state index contributed by atoms with van der Waals surface area (Å²) in [6.45, 7) is 5.90. The molecule has 2 rings (SSSR count). The molecule has 22 heavy (non-hydrogen) atoms. The van der Waals surface area contributed by atoms with Crippen molar-refractivity contribution in [2.45, 2.75) is 63.6 Å². The molecular weight excluding hydrogens is 294 g/mol. The summed E-state index contributed by atoms with van der Waals surface area (Å²) in [6.07, 6.45) is 0.629. The summed E-state index contributed by atoms with van der Waals surface area (Å²) in [6, 6.07) is -0.489. The lowest BCUT2D eigenvalue weighted by atomic mass is 10.0. The van der Waals surface area contributed by atoms with Crippen LogP contribution in [0.4, 0.5) is 13.6 Å². The van der Waals surface area contributed by atoms with Crippen LogP contribution >= 0.6 is 0 Å². The van der Waals surface area contributed by atoms with Gasteiger partial charge in [-0.3, -0.25) is 4.90 Å². The lowest BCUT2D eigenvalue weighted by Crippen LogP contribution is -2.50. The number of piperidine rings is 1. The molecule has 0 bridgehead atoms. The van der Waals surface area contributed by atoms with E-state index in [1.54, 1.807) is 9.80 Å². The van der Waals surface area contributed by atoms with Crippen LogP contribution in [0.15, 0.2) is 0 Å². The van der Waals surface area contributed by atoms with Crippen LogP contribution in [0.3, 0.4) is 0 Å². The van der Waals surface area contributed by atoms with Crippen molar-refractivity contribution in [2.24, 2.45) is 0 Å². The summed E-state index contributed by atoms with van der Waals surface area (Å²) in [7, 11) is 0. The van der Waals surface area contributed by atoms with Crippen molar-refractivity contribution >= 4 is 6.09 Å². The first kappa shape index (κ1) is 17.4.